The Bertz CT molecular complexity index is 700. The fraction of sp³-hybridized carbons (Fsp3) is 0.462. The largest absolute Gasteiger partial charge is 0.289 e. The molecule has 0 atom stereocenters. The average Bonchev–Trinajstić information content (AvgIpc) is 2.47. The highest BCUT2D eigenvalue weighted by Crippen LogP contribution is 2.34. The summed E-state index contributed by atoms with van der Waals surface area (Å²) < 4.78 is 26.3. The van der Waals surface area contributed by atoms with E-state index in [9.17, 15) is 18.5 Å². The monoisotopic (exact) mass is 309 g/mol. The number of para-hydroxylation sites is 1. The third-order valence-corrected chi connectivity index (χ3v) is 5.72. The molecular formula is C13H15N3O4S. The summed E-state index contributed by atoms with van der Waals surface area (Å²) in [5, 5.41) is 20.0. The molecule has 1 fully saturated rings. The standard InChI is InChI=1S/C13H15N3O4S/c1-13(10-14)6-8-15(9-7-13)21(19,20)12-5-3-2-4-11(12)16(17)18/h2-5H,6-9H2,1H3. The number of nitro benzene ring substituents is 1. The van der Waals surface area contributed by atoms with Gasteiger partial charge in [-0.3, -0.25) is 10.1 Å². The molecule has 112 valence electrons. The van der Waals surface area contributed by atoms with Crippen LogP contribution < -0.4 is 0 Å². The predicted octanol–water partition coefficient (Wildman–Crippen LogP) is 1.91. The quantitative estimate of drug-likeness (QED) is 0.626. The van der Waals surface area contributed by atoms with Crippen LogP contribution in [0.5, 0.6) is 0 Å². The van der Waals surface area contributed by atoms with Gasteiger partial charge in [-0.1, -0.05) is 12.1 Å². The first-order chi connectivity index (χ1) is 9.80. The van der Waals surface area contributed by atoms with E-state index >= 15 is 0 Å². The number of nitrogens with zero attached hydrogens (tertiary/aromatic N) is 3. The molecule has 1 aliphatic rings. The fourth-order valence-corrected chi connectivity index (χ4v) is 3.90. The summed E-state index contributed by atoms with van der Waals surface area (Å²) in [6, 6.07) is 7.50. The molecule has 0 aromatic heterocycles. The molecule has 21 heavy (non-hydrogen) atoms. The summed E-state index contributed by atoms with van der Waals surface area (Å²) in [6.45, 7) is 2.18. The number of nitriles is 1. The number of piperidine rings is 1. The molecule has 1 saturated heterocycles. The number of sulfonamides is 1. The normalized spacial score (nSPS) is 18.9. The zero-order chi connectivity index (χ0) is 15.7. The van der Waals surface area contributed by atoms with E-state index in [1.807, 2.05) is 0 Å². The van der Waals surface area contributed by atoms with Crippen molar-refractivity contribution in [2.24, 2.45) is 5.41 Å². The summed E-state index contributed by atoms with van der Waals surface area (Å²) in [7, 11) is -3.91. The Kier molecular flexibility index (Phi) is 3.98. The minimum Gasteiger partial charge on any atom is -0.258 e. The van der Waals surface area contributed by atoms with Gasteiger partial charge in [0.15, 0.2) is 4.90 Å². The lowest BCUT2D eigenvalue weighted by atomic mass is 9.83. The van der Waals surface area contributed by atoms with Gasteiger partial charge < -0.3 is 0 Å². The Morgan fingerprint density at radius 3 is 2.43 bits per heavy atom. The molecule has 1 aromatic rings. The van der Waals surface area contributed by atoms with Crippen molar-refractivity contribution in [3.05, 3.63) is 34.4 Å². The van der Waals surface area contributed by atoms with Crippen molar-refractivity contribution in [1.29, 1.82) is 5.26 Å². The Balaban J connectivity index is 2.33. The van der Waals surface area contributed by atoms with Gasteiger partial charge >= 0.3 is 0 Å². The van der Waals surface area contributed by atoms with E-state index in [1.165, 1.54) is 28.6 Å². The van der Waals surface area contributed by atoms with Gasteiger partial charge in [0, 0.05) is 19.2 Å². The van der Waals surface area contributed by atoms with E-state index in [0.29, 0.717) is 12.8 Å². The molecule has 1 heterocycles. The SMILES string of the molecule is CC1(C#N)CCN(S(=O)(=O)c2ccccc2[N+](=O)[O-])CC1. The summed E-state index contributed by atoms with van der Waals surface area (Å²) in [5.41, 5.74) is -0.958. The lowest BCUT2D eigenvalue weighted by Crippen LogP contribution is -2.41. The van der Waals surface area contributed by atoms with Gasteiger partial charge in [0.2, 0.25) is 10.0 Å². The van der Waals surface area contributed by atoms with Crippen molar-refractivity contribution >= 4 is 15.7 Å². The molecule has 2 rings (SSSR count). The van der Waals surface area contributed by atoms with E-state index in [4.69, 9.17) is 5.26 Å². The van der Waals surface area contributed by atoms with E-state index in [2.05, 4.69) is 6.07 Å². The second-order valence-corrected chi connectivity index (χ2v) is 7.21. The molecule has 1 aromatic carbocycles. The molecule has 0 saturated carbocycles. The van der Waals surface area contributed by atoms with Gasteiger partial charge in [-0.05, 0) is 25.8 Å². The van der Waals surface area contributed by atoms with Gasteiger partial charge in [-0.25, -0.2) is 8.42 Å². The highest BCUT2D eigenvalue weighted by atomic mass is 32.2. The van der Waals surface area contributed by atoms with Crippen LogP contribution in [0, 0.1) is 26.9 Å². The summed E-state index contributed by atoms with van der Waals surface area (Å²) in [5.74, 6) is 0. The Morgan fingerprint density at radius 1 is 1.33 bits per heavy atom. The summed E-state index contributed by atoms with van der Waals surface area (Å²) >= 11 is 0. The predicted molar refractivity (Wildman–Crippen MR) is 74.8 cm³/mol. The third kappa shape index (κ3) is 2.89. The molecule has 0 N–H and O–H groups in total. The molecule has 1 aliphatic heterocycles. The van der Waals surface area contributed by atoms with Crippen molar-refractivity contribution in [3.63, 3.8) is 0 Å². The minimum atomic E-state index is -3.91. The van der Waals surface area contributed by atoms with Crippen LogP contribution in [-0.4, -0.2) is 30.7 Å². The molecule has 8 heteroatoms. The third-order valence-electron chi connectivity index (χ3n) is 3.78. The fourth-order valence-electron chi connectivity index (χ4n) is 2.30. The smallest absolute Gasteiger partial charge is 0.258 e. The molecule has 0 amide bonds. The molecular weight excluding hydrogens is 294 g/mol. The number of hydrogen-bond acceptors (Lipinski definition) is 5. The molecule has 0 unspecified atom stereocenters. The van der Waals surface area contributed by atoms with Crippen molar-refractivity contribution in [2.45, 2.75) is 24.7 Å². The Labute approximate surface area is 123 Å². The first-order valence-corrected chi connectivity index (χ1v) is 7.89. The van der Waals surface area contributed by atoms with Gasteiger partial charge in [0.25, 0.3) is 5.69 Å². The maximum Gasteiger partial charge on any atom is 0.289 e. The maximum atomic E-state index is 12.6. The van der Waals surface area contributed by atoms with Crippen LogP contribution in [0.2, 0.25) is 0 Å². The van der Waals surface area contributed by atoms with E-state index in [0.717, 1.165) is 0 Å². The lowest BCUT2D eigenvalue weighted by Gasteiger charge is -2.33. The summed E-state index contributed by atoms with van der Waals surface area (Å²) in [4.78, 5) is 9.99. The van der Waals surface area contributed by atoms with Crippen LogP contribution in [0.3, 0.4) is 0 Å². The van der Waals surface area contributed by atoms with Crippen LogP contribution in [0.4, 0.5) is 5.69 Å². The van der Waals surface area contributed by atoms with Crippen molar-refractivity contribution in [2.75, 3.05) is 13.1 Å². The molecule has 7 nitrogen and oxygen atoms in total. The van der Waals surface area contributed by atoms with Crippen LogP contribution in [0.1, 0.15) is 19.8 Å². The van der Waals surface area contributed by atoms with Gasteiger partial charge in [0.1, 0.15) is 0 Å². The van der Waals surface area contributed by atoms with Crippen LogP contribution in [-0.2, 0) is 10.0 Å². The van der Waals surface area contributed by atoms with E-state index in [-0.39, 0.29) is 18.0 Å². The van der Waals surface area contributed by atoms with Crippen molar-refractivity contribution in [1.82, 2.24) is 4.31 Å². The highest BCUT2D eigenvalue weighted by molar-refractivity contribution is 7.89. The van der Waals surface area contributed by atoms with Gasteiger partial charge in [0.05, 0.1) is 16.4 Å². The first-order valence-electron chi connectivity index (χ1n) is 6.45. The lowest BCUT2D eigenvalue weighted by molar-refractivity contribution is -0.387. The average molecular weight is 309 g/mol. The zero-order valence-corrected chi connectivity index (χ0v) is 12.3. The molecule has 0 aliphatic carbocycles. The molecule has 0 radical (unpaired) electrons. The second kappa shape index (κ2) is 5.42. The number of hydrogen-bond donors (Lipinski definition) is 0. The van der Waals surface area contributed by atoms with Crippen molar-refractivity contribution < 1.29 is 13.3 Å². The highest BCUT2D eigenvalue weighted by Gasteiger charge is 2.37. The maximum absolute atomic E-state index is 12.6. The van der Waals surface area contributed by atoms with Gasteiger partial charge in [-0.15, -0.1) is 0 Å². The Morgan fingerprint density at radius 2 is 1.90 bits per heavy atom. The van der Waals surface area contributed by atoms with E-state index in [1.54, 1.807) is 6.92 Å². The molecule has 0 bridgehead atoms. The van der Waals surface area contributed by atoms with Crippen LogP contribution >= 0.6 is 0 Å². The van der Waals surface area contributed by atoms with Crippen molar-refractivity contribution in [3.8, 4) is 6.07 Å². The number of benzene rings is 1. The van der Waals surface area contributed by atoms with E-state index < -0.39 is 26.0 Å². The summed E-state index contributed by atoms with van der Waals surface area (Å²) in [6.07, 6.45) is 0.840. The molecule has 0 spiro atoms. The topological polar surface area (TPSA) is 104 Å². The van der Waals surface area contributed by atoms with Crippen LogP contribution in [0.25, 0.3) is 0 Å². The van der Waals surface area contributed by atoms with Gasteiger partial charge in [-0.2, -0.15) is 9.57 Å². The first kappa shape index (κ1) is 15.4. The second-order valence-electron chi connectivity index (χ2n) is 5.30. The van der Waals surface area contributed by atoms with Crippen LogP contribution in [0.15, 0.2) is 29.2 Å². The minimum absolute atomic E-state index is 0.193. The number of nitro groups is 1. The number of rotatable bonds is 3. The Hall–Kier alpha value is -1.98. The zero-order valence-electron chi connectivity index (χ0n) is 11.5.